The van der Waals surface area contributed by atoms with Gasteiger partial charge in [0.25, 0.3) is 5.91 Å². The van der Waals surface area contributed by atoms with Gasteiger partial charge in [0.05, 0.1) is 19.8 Å². The predicted molar refractivity (Wildman–Crippen MR) is 105 cm³/mol. The Balaban J connectivity index is 2.24. The smallest absolute Gasteiger partial charge is 0.256 e. The lowest BCUT2D eigenvalue weighted by atomic mass is 9.87. The molecule has 0 saturated heterocycles. The van der Waals surface area contributed by atoms with E-state index in [-0.39, 0.29) is 11.3 Å². The van der Waals surface area contributed by atoms with E-state index in [0.29, 0.717) is 17.1 Å². The highest BCUT2D eigenvalue weighted by Gasteiger charge is 2.17. The fraction of sp³-hybridized carbons (Fsp3) is 0.316. The summed E-state index contributed by atoms with van der Waals surface area (Å²) < 4.78 is 11.3. The first-order valence-electron chi connectivity index (χ1n) is 7.59. The van der Waals surface area contributed by atoms with Crippen LogP contribution in [0, 0.1) is 3.57 Å². The normalized spacial score (nSPS) is 11.1. The Hall–Kier alpha value is -1.76. The molecule has 0 atom stereocenters. The first-order valence-corrected chi connectivity index (χ1v) is 8.67. The van der Waals surface area contributed by atoms with Crippen molar-refractivity contribution in [1.29, 1.82) is 0 Å². The van der Waals surface area contributed by atoms with Gasteiger partial charge in [-0.25, -0.2) is 0 Å². The van der Waals surface area contributed by atoms with Crippen molar-refractivity contribution in [3.8, 4) is 11.5 Å². The molecule has 0 aliphatic rings. The highest BCUT2D eigenvalue weighted by molar-refractivity contribution is 14.1. The third-order valence-corrected chi connectivity index (χ3v) is 4.62. The zero-order chi connectivity index (χ0) is 17.9. The SMILES string of the molecule is COc1cc(I)c(C(=O)Nc2ccc(C(C)(C)C)cc2)cc1OC. The summed E-state index contributed by atoms with van der Waals surface area (Å²) in [7, 11) is 3.13. The van der Waals surface area contributed by atoms with E-state index in [1.807, 2.05) is 24.3 Å². The van der Waals surface area contributed by atoms with E-state index >= 15 is 0 Å². The Kier molecular flexibility index (Phi) is 5.74. The van der Waals surface area contributed by atoms with Crippen LogP contribution in [0.4, 0.5) is 5.69 Å². The van der Waals surface area contributed by atoms with E-state index in [4.69, 9.17) is 9.47 Å². The van der Waals surface area contributed by atoms with Crippen LogP contribution in [0.2, 0.25) is 0 Å². The summed E-state index contributed by atoms with van der Waals surface area (Å²) in [5.74, 6) is 0.961. The van der Waals surface area contributed by atoms with Gasteiger partial charge >= 0.3 is 0 Å². The number of rotatable bonds is 4. The maximum Gasteiger partial charge on any atom is 0.256 e. The topological polar surface area (TPSA) is 47.6 Å². The molecule has 1 amide bonds. The lowest BCUT2D eigenvalue weighted by Crippen LogP contribution is -2.15. The number of benzene rings is 2. The lowest BCUT2D eigenvalue weighted by molar-refractivity contribution is 0.102. The summed E-state index contributed by atoms with van der Waals surface area (Å²) in [5, 5.41) is 2.93. The predicted octanol–water partition coefficient (Wildman–Crippen LogP) is 4.86. The van der Waals surface area contributed by atoms with Crippen LogP contribution in [-0.2, 0) is 5.41 Å². The summed E-state index contributed by atoms with van der Waals surface area (Å²) >= 11 is 2.12. The maximum atomic E-state index is 12.6. The van der Waals surface area contributed by atoms with Crippen LogP contribution >= 0.6 is 22.6 Å². The van der Waals surface area contributed by atoms with Crippen molar-refractivity contribution in [2.24, 2.45) is 0 Å². The number of carbonyl (C=O) groups is 1. The summed E-state index contributed by atoms with van der Waals surface area (Å²) in [6, 6.07) is 11.4. The van der Waals surface area contributed by atoms with Crippen LogP contribution in [0.15, 0.2) is 36.4 Å². The lowest BCUT2D eigenvalue weighted by Gasteiger charge is -2.19. The number of methoxy groups -OCH3 is 2. The number of amides is 1. The number of nitrogens with one attached hydrogen (secondary N) is 1. The molecule has 0 saturated carbocycles. The highest BCUT2D eigenvalue weighted by atomic mass is 127. The van der Waals surface area contributed by atoms with Gasteiger partial charge in [-0.05, 0) is 57.8 Å². The third-order valence-electron chi connectivity index (χ3n) is 3.73. The first-order chi connectivity index (χ1) is 11.3. The Bertz CT molecular complexity index is 734. The van der Waals surface area contributed by atoms with E-state index in [1.54, 1.807) is 26.4 Å². The molecule has 128 valence electrons. The molecule has 0 spiro atoms. The van der Waals surface area contributed by atoms with Crippen molar-refractivity contribution in [3.63, 3.8) is 0 Å². The molecule has 1 N–H and O–H groups in total. The number of hydrogen-bond donors (Lipinski definition) is 1. The van der Waals surface area contributed by atoms with Crippen LogP contribution in [0.3, 0.4) is 0 Å². The second kappa shape index (κ2) is 7.42. The monoisotopic (exact) mass is 439 g/mol. The van der Waals surface area contributed by atoms with E-state index in [2.05, 4.69) is 48.7 Å². The quantitative estimate of drug-likeness (QED) is 0.693. The Morgan fingerprint density at radius 1 is 1.00 bits per heavy atom. The molecule has 2 aromatic carbocycles. The standard InChI is InChI=1S/C19H22INO3/c1-19(2,3)12-6-8-13(9-7-12)21-18(22)14-10-16(23-4)17(24-5)11-15(14)20/h6-11H,1-5H3,(H,21,22). The zero-order valence-electron chi connectivity index (χ0n) is 14.6. The summed E-state index contributed by atoms with van der Waals surface area (Å²) in [5.41, 5.74) is 2.62. The van der Waals surface area contributed by atoms with Gasteiger partial charge in [0.2, 0.25) is 0 Å². The van der Waals surface area contributed by atoms with Crippen molar-refractivity contribution in [2.45, 2.75) is 26.2 Å². The largest absolute Gasteiger partial charge is 0.493 e. The number of halogens is 1. The molecule has 0 aliphatic heterocycles. The van der Waals surface area contributed by atoms with E-state index in [9.17, 15) is 4.79 Å². The van der Waals surface area contributed by atoms with Crippen molar-refractivity contribution in [2.75, 3.05) is 19.5 Å². The van der Waals surface area contributed by atoms with Crippen molar-refractivity contribution in [3.05, 3.63) is 51.1 Å². The van der Waals surface area contributed by atoms with E-state index in [0.717, 1.165) is 9.26 Å². The second-order valence-electron chi connectivity index (χ2n) is 6.47. The van der Waals surface area contributed by atoms with Crippen LogP contribution in [0.5, 0.6) is 11.5 Å². The average molecular weight is 439 g/mol. The van der Waals surface area contributed by atoms with Crippen LogP contribution in [0.1, 0.15) is 36.7 Å². The minimum atomic E-state index is -0.177. The highest BCUT2D eigenvalue weighted by Crippen LogP contribution is 2.32. The van der Waals surface area contributed by atoms with Gasteiger partial charge < -0.3 is 14.8 Å². The van der Waals surface area contributed by atoms with Crippen molar-refractivity contribution < 1.29 is 14.3 Å². The second-order valence-corrected chi connectivity index (χ2v) is 7.63. The molecule has 0 fully saturated rings. The molecule has 0 unspecified atom stereocenters. The van der Waals surface area contributed by atoms with E-state index < -0.39 is 0 Å². The summed E-state index contributed by atoms with van der Waals surface area (Å²) in [6.45, 7) is 6.48. The first kappa shape index (κ1) is 18.6. The van der Waals surface area contributed by atoms with Gasteiger partial charge in [-0.1, -0.05) is 32.9 Å². The maximum absolute atomic E-state index is 12.6. The minimum absolute atomic E-state index is 0.0846. The Labute approximate surface area is 156 Å². The number of hydrogen-bond acceptors (Lipinski definition) is 3. The van der Waals surface area contributed by atoms with Crippen LogP contribution in [0.25, 0.3) is 0 Å². The molecule has 0 aliphatic carbocycles. The summed E-state index contributed by atoms with van der Waals surface area (Å²) in [6.07, 6.45) is 0. The van der Waals surface area contributed by atoms with Crippen molar-refractivity contribution in [1.82, 2.24) is 0 Å². The molecule has 2 rings (SSSR count). The third kappa shape index (κ3) is 4.20. The minimum Gasteiger partial charge on any atom is -0.493 e. The number of ether oxygens (including phenoxy) is 2. The molecule has 0 aromatic heterocycles. The van der Waals surface area contributed by atoms with E-state index in [1.165, 1.54) is 5.56 Å². The van der Waals surface area contributed by atoms with Gasteiger partial charge in [0, 0.05) is 9.26 Å². The Morgan fingerprint density at radius 3 is 2.04 bits per heavy atom. The molecular formula is C19H22INO3. The number of carbonyl (C=O) groups excluding carboxylic acids is 1. The molecule has 2 aromatic rings. The molecule has 0 bridgehead atoms. The van der Waals surface area contributed by atoms with Crippen LogP contribution < -0.4 is 14.8 Å². The van der Waals surface area contributed by atoms with Gasteiger partial charge in [-0.3, -0.25) is 4.79 Å². The van der Waals surface area contributed by atoms with Gasteiger partial charge in [0.1, 0.15) is 0 Å². The zero-order valence-corrected chi connectivity index (χ0v) is 16.7. The fourth-order valence-electron chi connectivity index (χ4n) is 2.28. The fourth-order valence-corrected chi connectivity index (χ4v) is 2.96. The molecule has 0 radical (unpaired) electrons. The molecular weight excluding hydrogens is 417 g/mol. The van der Waals surface area contributed by atoms with Gasteiger partial charge in [-0.2, -0.15) is 0 Å². The Morgan fingerprint density at radius 2 is 1.54 bits per heavy atom. The van der Waals surface area contributed by atoms with Gasteiger partial charge in [0.15, 0.2) is 11.5 Å². The molecule has 5 heteroatoms. The number of anilines is 1. The van der Waals surface area contributed by atoms with Gasteiger partial charge in [-0.15, -0.1) is 0 Å². The molecule has 24 heavy (non-hydrogen) atoms. The van der Waals surface area contributed by atoms with Crippen LogP contribution in [-0.4, -0.2) is 20.1 Å². The van der Waals surface area contributed by atoms with Crippen molar-refractivity contribution >= 4 is 34.2 Å². The molecule has 0 heterocycles. The summed E-state index contributed by atoms with van der Waals surface area (Å²) in [4.78, 5) is 12.6. The average Bonchev–Trinajstić information content (AvgIpc) is 2.54. The molecule has 4 nitrogen and oxygen atoms in total.